The van der Waals surface area contributed by atoms with E-state index in [0.29, 0.717) is 5.01 Å². The molecule has 1 unspecified atom stereocenters. The summed E-state index contributed by atoms with van der Waals surface area (Å²) in [4.78, 5) is 16.7. The Morgan fingerprint density at radius 1 is 1.04 bits per heavy atom. The number of aromatic nitrogens is 1. The van der Waals surface area contributed by atoms with E-state index in [2.05, 4.69) is 12.6 Å². The number of aliphatic carboxylic acids is 1. The van der Waals surface area contributed by atoms with Gasteiger partial charge in [0.25, 0.3) is 0 Å². The molecule has 0 saturated heterocycles. The van der Waals surface area contributed by atoms with Crippen molar-refractivity contribution < 1.29 is 19.4 Å². The van der Waals surface area contributed by atoms with Crippen molar-refractivity contribution in [3.63, 3.8) is 0 Å². The van der Waals surface area contributed by atoms with Crippen LogP contribution in [0.25, 0.3) is 21.7 Å². The maximum atomic E-state index is 11.1. The average Bonchev–Trinajstić information content (AvgIpc) is 3.13. The van der Waals surface area contributed by atoms with Crippen LogP contribution in [0.1, 0.15) is 16.7 Å². The van der Waals surface area contributed by atoms with E-state index < -0.39 is 11.2 Å². The first-order chi connectivity index (χ1) is 13.0. The van der Waals surface area contributed by atoms with Gasteiger partial charge in [-0.3, -0.25) is 4.79 Å². The molecule has 0 fully saturated rings. The largest absolute Gasteiger partial charge is 0.497 e. The second-order valence-electron chi connectivity index (χ2n) is 5.80. The monoisotopic (exact) mass is 401 g/mol. The van der Waals surface area contributed by atoms with Gasteiger partial charge in [-0.1, -0.05) is 0 Å². The molecule has 1 N–H and O–H groups in total. The van der Waals surface area contributed by atoms with Gasteiger partial charge in [-0.05, 0) is 54.1 Å². The van der Waals surface area contributed by atoms with Crippen molar-refractivity contribution in [1.29, 1.82) is 0 Å². The molecule has 0 aliphatic heterocycles. The van der Waals surface area contributed by atoms with Gasteiger partial charge in [0.1, 0.15) is 16.5 Å². The predicted octanol–water partition coefficient (Wildman–Crippen LogP) is 4.94. The minimum atomic E-state index is -0.901. The number of thiazole rings is 1. The molecule has 0 bridgehead atoms. The van der Waals surface area contributed by atoms with Crippen molar-refractivity contribution in [1.82, 2.24) is 4.98 Å². The average molecular weight is 402 g/mol. The number of nitrogens with zero attached hydrogens (tertiary/aromatic N) is 1. The highest BCUT2D eigenvalue weighted by molar-refractivity contribution is 7.80. The Bertz CT molecular complexity index is 855. The predicted molar refractivity (Wildman–Crippen MR) is 110 cm³/mol. The number of thiol groups is 1. The quantitative estimate of drug-likeness (QED) is 0.549. The standard InChI is InChI=1S/C20H19NO4S2/c1-24-14-7-3-12(4-8-14)18-19(13-5-9-15(25-2)10-6-13)27-20(21-18)16(26)11-17(22)23/h3-10,16,26H,11H2,1-2H3,(H,22,23). The zero-order valence-corrected chi connectivity index (χ0v) is 16.6. The number of carboxylic acid groups (broad SMARTS) is 1. The molecule has 1 atom stereocenters. The summed E-state index contributed by atoms with van der Waals surface area (Å²) in [5, 5.41) is 9.29. The Labute approximate surface area is 167 Å². The van der Waals surface area contributed by atoms with Crippen LogP contribution in [-0.4, -0.2) is 30.3 Å². The van der Waals surface area contributed by atoms with Gasteiger partial charge in [0.15, 0.2) is 0 Å². The van der Waals surface area contributed by atoms with Crippen LogP contribution >= 0.6 is 24.0 Å². The summed E-state index contributed by atoms with van der Waals surface area (Å²) in [5.41, 5.74) is 2.72. The first-order valence-electron chi connectivity index (χ1n) is 8.21. The van der Waals surface area contributed by atoms with Crippen LogP contribution in [0.3, 0.4) is 0 Å². The molecular weight excluding hydrogens is 382 g/mol. The molecule has 3 rings (SSSR count). The van der Waals surface area contributed by atoms with Gasteiger partial charge in [-0.25, -0.2) is 4.98 Å². The molecule has 7 heteroatoms. The lowest BCUT2D eigenvalue weighted by atomic mass is 10.1. The molecule has 1 heterocycles. The lowest BCUT2D eigenvalue weighted by molar-refractivity contribution is -0.137. The van der Waals surface area contributed by atoms with E-state index in [4.69, 9.17) is 19.6 Å². The SMILES string of the molecule is COc1ccc(-c2nc(C(S)CC(=O)O)sc2-c2ccc(OC)cc2)cc1. The number of carbonyl (C=O) groups is 1. The van der Waals surface area contributed by atoms with Crippen molar-refractivity contribution >= 4 is 29.9 Å². The van der Waals surface area contributed by atoms with Gasteiger partial charge in [-0.2, -0.15) is 12.6 Å². The van der Waals surface area contributed by atoms with Gasteiger partial charge in [0.2, 0.25) is 0 Å². The molecule has 0 amide bonds. The first-order valence-corrected chi connectivity index (χ1v) is 9.54. The second kappa shape index (κ2) is 8.45. The van der Waals surface area contributed by atoms with E-state index >= 15 is 0 Å². The zero-order valence-electron chi connectivity index (χ0n) is 14.9. The maximum Gasteiger partial charge on any atom is 0.304 e. The van der Waals surface area contributed by atoms with E-state index in [-0.39, 0.29) is 6.42 Å². The van der Waals surface area contributed by atoms with E-state index in [1.165, 1.54) is 11.3 Å². The third-order valence-corrected chi connectivity index (χ3v) is 5.83. The van der Waals surface area contributed by atoms with Crippen molar-refractivity contribution in [2.24, 2.45) is 0 Å². The highest BCUT2D eigenvalue weighted by Crippen LogP contribution is 2.41. The van der Waals surface area contributed by atoms with Gasteiger partial charge < -0.3 is 14.6 Å². The topological polar surface area (TPSA) is 68.7 Å². The summed E-state index contributed by atoms with van der Waals surface area (Å²) >= 11 is 5.89. The lowest BCUT2D eigenvalue weighted by Gasteiger charge is -2.05. The third-order valence-electron chi connectivity index (χ3n) is 4.01. The molecule has 1 aromatic heterocycles. The van der Waals surface area contributed by atoms with Gasteiger partial charge in [0.05, 0.1) is 36.5 Å². The van der Waals surface area contributed by atoms with Crippen molar-refractivity contribution in [3.8, 4) is 33.2 Å². The number of hydrogen-bond acceptors (Lipinski definition) is 6. The summed E-state index contributed by atoms with van der Waals surface area (Å²) in [6.45, 7) is 0. The number of ether oxygens (including phenoxy) is 2. The Balaban J connectivity index is 2.07. The molecule has 27 heavy (non-hydrogen) atoms. The molecule has 3 aromatic rings. The van der Waals surface area contributed by atoms with Crippen LogP contribution in [0.2, 0.25) is 0 Å². The number of rotatable bonds is 7. The number of methoxy groups -OCH3 is 2. The molecule has 0 saturated carbocycles. The maximum absolute atomic E-state index is 11.1. The van der Waals surface area contributed by atoms with Crippen molar-refractivity contribution in [3.05, 3.63) is 53.5 Å². The second-order valence-corrected chi connectivity index (χ2v) is 7.45. The van der Waals surface area contributed by atoms with Crippen LogP contribution < -0.4 is 9.47 Å². The van der Waals surface area contributed by atoms with Gasteiger partial charge in [-0.15, -0.1) is 11.3 Å². The van der Waals surface area contributed by atoms with E-state index in [0.717, 1.165) is 33.2 Å². The Morgan fingerprint density at radius 2 is 1.56 bits per heavy atom. The molecule has 0 radical (unpaired) electrons. The zero-order chi connectivity index (χ0) is 19.4. The Morgan fingerprint density at radius 3 is 2.04 bits per heavy atom. The summed E-state index contributed by atoms with van der Waals surface area (Å²) in [7, 11) is 3.25. The fraction of sp³-hybridized carbons (Fsp3) is 0.200. The van der Waals surface area contributed by atoms with Crippen LogP contribution in [0, 0.1) is 0 Å². The molecule has 0 spiro atoms. The minimum Gasteiger partial charge on any atom is -0.497 e. The van der Waals surface area contributed by atoms with Gasteiger partial charge in [0, 0.05) is 5.56 Å². The molecule has 5 nitrogen and oxygen atoms in total. The summed E-state index contributed by atoms with van der Waals surface area (Å²) in [6.07, 6.45) is -0.0826. The van der Waals surface area contributed by atoms with Crippen molar-refractivity contribution in [2.75, 3.05) is 14.2 Å². The normalized spacial score (nSPS) is 11.8. The Hall–Kier alpha value is -2.51. The Kier molecular flexibility index (Phi) is 6.03. The van der Waals surface area contributed by atoms with E-state index in [1.807, 2.05) is 48.5 Å². The van der Waals surface area contributed by atoms with E-state index in [1.54, 1.807) is 14.2 Å². The fourth-order valence-electron chi connectivity index (χ4n) is 2.61. The van der Waals surface area contributed by atoms with Gasteiger partial charge >= 0.3 is 5.97 Å². The summed E-state index contributed by atoms with van der Waals surface area (Å²) in [5.74, 6) is 0.632. The number of carboxylic acids is 1. The lowest BCUT2D eigenvalue weighted by Crippen LogP contribution is -2.00. The number of hydrogen-bond donors (Lipinski definition) is 2. The van der Waals surface area contributed by atoms with Crippen LogP contribution in [-0.2, 0) is 4.79 Å². The summed E-state index contributed by atoms with van der Waals surface area (Å²) in [6, 6.07) is 15.3. The third kappa shape index (κ3) is 4.43. The smallest absolute Gasteiger partial charge is 0.304 e. The molecule has 2 aromatic carbocycles. The molecule has 0 aliphatic rings. The first kappa shape index (κ1) is 19.3. The van der Waals surface area contributed by atoms with Crippen molar-refractivity contribution in [2.45, 2.75) is 11.7 Å². The fourth-order valence-corrected chi connectivity index (χ4v) is 4.07. The van der Waals surface area contributed by atoms with Crippen LogP contribution in [0.4, 0.5) is 0 Å². The minimum absolute atomic E-state index is 0.0826. The molecule has 0 aliphatic carbocycles. The number of benzene rings is 2. The molecular formula is C20H19NO4S2. The molecule has 140 valence electrons. The summed E-state index contributed by atoms with van der Waals surface area (Å²) < 4.78 is 10.5. The van der Waals surface area contributed by atoms with Crippen LogP contribution in [0.15, 0.2) is 48.5 Å². The highest BCUT2D eigenvalue weighted by atomic mass is 32.1. The van der Waals surface area contributed by atoms with E-state index in [9.17, 15) is 4.79 Å². The highest BCUT2D eigenvalue weighted by Gasteiger charge is 2.21. The van der Waals surface area contributed by atoms with Crippen LogP contribution in [0.5, 0.6) is 11.5 Å².